The highest BCUT2D eigenvalue weighted by molar-refractivity contribution is 5.80. The minimum Gasteiger partial charge on any atom is -0.399 e. The van der Waals surface area contributed by atoms with E-state index in [-0.39, 0.29) is 0 Å². The van der Waals surface area contributed by atoms with E-state index in [1.807, 2.05) is 30.4 Å². The quantitative estimate of drug-likeness (QED) is 0.626. The van der Waals surface area contributed by atoms with Crippen LogP contribution < -0.4 is 16.4 Å². The normalized spacial score (nSPS) is 10.1. The first-order chi connectivity index (χ1) is 10.2. The predicted molar refractivity (Wildman–Crippen MR) is 93.3 cm³/mol. The molecule has 0 aromatic heterocycles. The lowest BCUT2D eigenvalue weighted by Crippen LogP contribution is -2.22. The van der Waals surface area contributed by atoms with Crippen LogP contribution in [0.3, 0.4) is 0 Å². The Kier molecular flexibility index (Phi) is 4.67. The molecular weight excluding hydrogens is 258 g/mol. The molecule has 0 radical (unpaired) electrons. The number of anilines is 3. The highest BCUT2D eigenvalue weighted by Crippen LogP contribution is 2.29. The summed E-state index contributed by atoms with van der Waals surface area (Å²) < 4.78 is 0. The Morgan fingerprint density at radius 1 is 0.905 bits per heavy atom. The van der Waals surface area contributed by atoms with Crippen LogP contribution in [0, 0.1) is 0 Å². The van der Waals surface area contributed by atoms with Gasteiger partial charge in [0, 0.05) is 35.7 Å². The van der Waals surface area contributed by atoms with Gasteiger partial charge >= 0.3 is 0 Å². The first-order valence-corrected chi connectivity index (χ1v) is 6.88. The highest BCUT2D eigenvalue weighted by atomic mass is 15.1. The average Bonchev–Trinajstić information content (AvgIpc) is 2.50. The van der Waals surface area contributed by atoms with Gasteiger partial charge in [-0.25, -0.2) is 0 Å². The van der Waals surface area contributed by atoms with Gasteiger partial charge in [0.2, 0.25) is 0 Å². The summed E-state index contributed by atoms with van der Waals surface area (Å²) in [5.41, 5.74) is 16.4. The van der Waals surface area contributed by atoms with Crippen LogP contribution in [0.2, 0.25) is 0 Å². The summed E-state index contributed by atoms with van der Waals surface area (Å²) in [6, 6.07) is 13.8. The molecule has 0 aliphatic heterocycles. The molecule has 0 unspecified atom stereocenters. The molecule has 0 fully saturated rings. The van der Waals surface area contributed by atoms with E-state index in [2.05, 4.69) is 42.3 Å². The van der Waals surface area contributed by atoms with Crippen LogP contribution in [0.25, 0.3) is 11.1 Å². The van der Waals surface area contributed by atoms with Gasteiger partial charge in [0.1, 0.15) is 0 Å². The molecule has 3 heteroatoms. The summed E-state index contributed by atoms with van der Waals surface area (Å²) in [5.74, 6) is 0. The van der Waals surface area contributed by atoms with E-state index in [1.54, 1.807) is 0 Å². The molecule has 0 amide bonds. The Morgan fingerprint density at radius 2 is 1.52 bits per heavy atom. The van der Waals surface area contributed by atoms with Gasteiger partial charge in [0.25, 0.3) is 0 Å². The zero-order valence-corrected chi connectivity index (χ0v) is 12.1. The van der Waals surface area contributed by atoms with E-state index in [9.17, 15) is 0 Å². The van der Waals surface area contributed by atoms with Crippen molar-refractivity contribution >= 4 is 17.1 Å². The third-order valence-electron chi connectivity index (χ3n) is 3.32. The van der Waals surface area contributed by atoms with Crippen molar-refractivity contribution in [1.82, 2.24) is 0 Å². The Hall–Kier alpha value is -2.68. The molecule has 0 aliphatic carbocycles. The van der Waals surface area contributed by atoms with Crippen molar-refractivity contribution in [3.63, 3.8) is 0 Å². The molecule has 0 bridgehead atoms. The number of nitrogens with two attached hydrogens (primary N) is 2. The third-order valence-corrected chi connectivity index (χ3v) is 3.32. The van der Waals surface area contributed by atoms with Crippen molar-refractivity contribution in [1.29, 1.82) is 0 Å². The molecule has 4 N–H and O–H groups in total. The van der Waals surface area contributed by atoms with Crippen molar-refractivity contribution in [2.45, 2.75) is 0 Å². The van der Waals surface area contributed by atoms with Gasteiger partial charge in [-0.1, -0.05) is 24.3 Å². The smallest absolute Gasteiger partial charge is 0.0395 e. The van der Waals surface area contributed by atoms with E-state index >= 15 is 0 Å². The third kappa shape index (κ3) is 3.45. The summed E-state index contributed by atoms with van der Waals surface area (Å²) in [5, 5.41) is 0. The second-order valence-electron chi connectivity index (χ2n) is 4.88. The molecular formula is C18H21N3. The molecule has 2 aromatic carbocycles. The second-order valence-corrected chi connectivity index (χ2v) is 4.88. The minimum atomic E-state index is 0.711. The van der Waals surface area contributed by atoms with Gasteiger partial charge < -0.3 is 16.4 Å². The van der Waals surface area contributed by atoms with Gasteiger partial charge in [-0.05, 0) is 35.9 Å². The average molecular weight is 279 g/mol. The maximum atomic E-state index is 6.02. The lowest BCUT2D eigenvalue weighted by molar-refractivity contribution is 0.957. The molecule has 2 aromatic rings. The first-order valence-electron chi connectivity index (χ1n) is 6.88. The van der Waals surface area contributed by atoms with Gasteiger partial charge in [-0.3, -0.25) is 0 Å². The Balaban J connectivity index is 2.31. The Bertz CT molecular complexity index is 619. The van der Waals surface area contributed by atoms with E-state index in [4.69, 9.17) is 11.5 Å². The zero-order chi connectivity index (χ0) is 15.2. The van der Waals surface area contributed by atoms with E-state index < -0.39 is 0 Å². The topological polar surface area (TPSA) is 55.3 Å². The van der Waals surface area contributed by atoms with Gasteiger partial charge in [0.15, 0.2) is 0 Å². The van der Waals surface area contributed by atoms with E-state index in [1.165, 1.54) is 0 Å². The lowest BCUT2D eigenvalue weighted by Gasteiger charge is -2.22. The summed E-state index contributed by atoms with van der Waals surface area (Å²) in [6.07, 6.45) is 3.76. The maximum absolute atomic E-state index is 6.02. The van der Waals surface area contributed by atoms with Crippen LogP contribution in [-0.4, -0.2) is 13.1 Å². The molecule has 0 saturated carbocycles. The largest absolute Gasteiger partial charge is 0.399 e. The monoisotopic (exact) mass is 279 g/mol. The number of hydrogen-bond acceptors (Lipinski definition) is 3. The molecule has 0 spiro atoms. The van der Waals surface area contributed by atoms with Gasteiger partial charge in [-0.2, -0.15) is 0 Å². The summed E-state index contributed by atoms with van der Waals surface area (Å²) >= 11 is 0. The number of rotatable bonds is 6. The highest BCUT2D eigenvalue weighted by Gasteiger charge is 2.06. The Morgan fingerprint density at radius 3 is 2.10 bits per heavy atom. The van der Waals surface area contributed by atoms with Crippen molar-refractivity contribution < 1.29 is 0 Å². The fraction of sp³-hybridized carbons (Fsp3) is 0.111. The minimum absolute atomic E-state index is 0.711. The molecule has 108 valence electrons. The summed E-state index contributed by atoms with van der Waals surface area (Å²) in [6.45, 7) is 9.14. The number of nitrogens with zero attached hydrogens (tertiary/aromatic N) is 1. The molecule has 0 heterocycles. The molecule has 0 saturated heterocycles. The van der Waals surface area contributed by atoms with Crippen molar-refractivity contribution in [2.24, 2.45) is 0 Å². The van der Waals surface area contributed by atoms with Crippen molar-refractivity contribution in [2.75, 3.05) is 29.5 Å². The lowest BCUT2D eigenvalue weighted by atomic mass is 10.0. The molecule has 2 rings (SSSR count). The van der Waals surface area contributed by atoms with Crippen molar-refractivity contribution in [3.05, 3.63) is 67.8 Å². The van der Waals surface area contributed by atoms with Crippen LogP contribution >= 0.6 is 0 Å². The Labute approximate surface area is 126 Å². The van der Waals surface area contributed by atoms with E-state index in [0.29, 0.717) is 5.69 Å². The van der Waals surface area contributed by atoms with Crippen molar-refractivity contribution in [3.8, 4) is 11.1 Å². The summed E-state index contributed by atoms with van der Waals surface area (Å²) in [7, 11) is 0. The maximum Gasteiger partial charge on any atom is 0.0395 e. The SMILES string of the molecule is C=CCN(CC=C)c1ccc(-c2cc(N)ccc2N)cc1. The number of nitrogen functional groups attached to an aromatic ring is 2. The second kappa shape index (κ2) is 6.66. The number of hydrogen-bond donors (Lipinski definition) is 2. The molecule has 3 nitrogen and oxygen atoms in total. The zero-order valence-electron chi connectivity index (χ0n) is 12.1. The van der Waals surface area contributed by atoms with Crippen LogP contribution in [0.15, 0.2) is 67.8 Å². The summed E-state index contributed by atoms with van der Waals surface area (Å²) in [4.78, 5) is 2.19. The van der Waals surface area contributed by atoms with Gasteiger partial charge in [0.05, 0.1) is 0 Å². The van der Waals surface area contributed by atoms with Crippen LogP contribution in [0.4, 0.5) is 17.1 Å². The molecule has 0 atom stereocenters. The van der Waals surface area contributed by atoms with Crippen LogP contribution in [0.5, 0.6) is 0 Å². The fourth-order valence-corrected chi connectivity index (χ4v) is 2.27. The molecule has 0 aliphatic rings. The van der Waals surface area contributed by atoms with Crippen LogP contribution in [-0.2, 0) is 0 Å². The standard InChI is InChI=1S/C18H21N3/c1-3-11-21(12-4-2)16-8-5-14(6-9-16)17-13-15(19)7-10-18(17)20/h3-10,13H,1-2,11-12,19-20H2. The van der Waals surface area contributed by atoms with Gasteiger partial charge in [-0.15, -0.1) is 13.2 Å². The predicted octanol–water partition coefficient (Wildman–Crippen LogP) is 3.70. The van der Waals surface area contributed by atoms with Crippen LogP contribution in [0.1, 0.15) is 0 Å². The van der Waals surface area contributed by atoms with E-state index in [0.717, 1.165) is 35.6 Å². The fourth-order valence-electron chi connectivity index (χ4n) is 2.27. The first kappa shape index (κ1) is 14.7. The molecule has 21 heavy (non-hydrogen) atoms. The number of benzene rings is 2.